The van der Waals surface area contributed by atoms with E-state index >= 15 is 0 Å². The lowest BCUT2D eigenvalue weighted by Crippen LogP contribution is -2.52. The summed E-state index contributed by atoms with van der Waals surface area (Å²) in [6.45, 7) is 12.8. The first-order chi connectivity index (χ1) is 9.85. The van der Waals surface area contributed by atoms with Crippen LogP contribution in [0.1, 0.15) is 26.2 Å². The maximum atomic E-state index is 5.57. The van der Waals surface area contributed by atoms with Crippen LogP contribution in [0.2, 0.25) is 0 Å². The molecule has 0 aromatic carbocycles. The lowest BCUT2D eigenvalue weighted by molar-refractivity contribution is 0.106. The molecule has 0 spiro atoms. The molecule has 3 fully saturated rings. The van der Waals surface area contributed by atoms with Crippen LogP contribution in [0.15, 0.2) is 0 Å². The summed E-state index contributed by atoms with van der Waals surface area (Å²) in [7, 11) is 0. The smallest absolute Gasteiger partial charge is 0.0510 e. The van der Waals surface area contributed by atoms with Crippen molar-refractivity contribution in [2.75, 3.05) is 59.0 Å². The Morgan fingerprint density at radius 1 is 1.10 bits per heavy atom. The number of piperazine rings is 1. The number of nitrogens with zero attached hydrogens (tertiary/aromatic N) is 2. The number of likely N-dealkylation sites (N-methyl/N-ethyl adjacent to an activating group) is 1. The molecule has 2 aliphatic heterocycles. The first-order valence-electron chi connectivity index (χ1n) is 8.61. The second-order valence-electron chi connectivity index (χ2n) is 6.83. The van der Waals surface area contributed by atoms with Crippen LogP contribution < -0.4 is 5.32 Å². The van der Waals surface area contributed by atoms with E-state index in [2.05, 4.69) is 22.0 Å². The van der Waals surface area contributed by atoms with Crippen LogP contribution in [0.3, 0.4) is 0 Å². The molecule has 2 unspecified atom stereocenters. The van der Waals surface area contributed by atoms with Gasteiger partial charge in [-0.2, -0.15) is 0 Å². The Bertz CT molecular complexity index is 281. The minimum Gasteiger partial charge on any atom is -0.381 e. The van der Waals surface area contributed by atoms with Crippen LogP contribution in [0.5, 0.6) is 0 Å². The Morgan fingerprint density at radius 3 is 2.45 bits per heavy atom. The maximum absolute atomic E-state index is 5.57. The second-order valence-corrected chi connectivity index (χ2v) is 6.83. The molecular weight excluding hydrogens is 250 g/mol. The van der Waals surface area contributed by atoms with E-state index < -0.39 is 0 Å². The highest BCUT2D eigenvalue weighted by Gasteiger charge is 2.29. The van der Waals surface area contributed by atoms with E-state index in [4.69, 9.17) is 4.74 Å². The molecule has 4 nitrogen and oxygen atoms in total. The van der Waals surface area contributed by atoms with Gasteiger partial charge in [-0.1, -0.05) is 6.92 Å². The van der Waals surface area contributed by atoms with Gasteiger partial charge in [-0.25, -0.2) is 0 Å². The molecule has 3 aliphatic rings. The summed E-state index contributed by atoms with van der Waals surface area (Å²) in [4.78, 5) is 5.34. The van der Waals surface area contributed by atoms with Crippen molar-refractivity contribution in [3.05, 3.63) is 0 Å². The van der Waals surface area contributed by atoms with E-state index in [1.165, 1.54) is 58.5 Å². The molecule has 2 saturated heterocycles. The third-order valence-corrected chi connectivity index (χ3v) is 5.13. The first kappa shape index (κ1) is 14.8. The lowest BCUT2D eigenvalue weighted by Gasteiger charge is -2.37. The molecule has 0 radical (unpaired) electrons. The van der Waals surface area contributed by atoms with Crippen molar-refractivity contribution in [1.82, 2.24) is 15.1 Å². The molecule has 3 rings (SSSR count). The molecule has 1 saturated carbocycles. The summed E-state index contributed by atoms with van der Waals surface area (Å²) in [5.41, 5.74) is 0. The Labute approximate surface area is 123 Å². The summed E-state index contributed by atoms with van der Waals surface area (Å²) in [5.74, 6) is 1.76. The van der Waals surface area contributed by atoms with E-state index in [1.807, 2.05) is 0 Å². The van der Waals surface area contributed by atoms with Crippen molar-refractivity contribution in [2.45, 2.75) is 32.2 Å². The van der Waals surface area contributed by atoms with Gasteiger partial charge in [0.25, 0.3) is 0 Å². The predicted octanol–water partition coefficient (Wildman–Crippen LogP) is 1.03. The average Bonchev–Trinajstić information content (AvgIpc) is 3.11. The summed E-state index contributed by atoms with van der Waals surface area (Å²) in [5, 5.41) is 3.69. The third kappa shape index (κ3) is 4.17. The number of nitrogens with one attached hydrogen (secondary N) is 1. The van der Waals surface area contributed by atoms with Crippen molar-refractivity contribution < 1.29 is 4.74 Å². The molecule has 20 heavy (non-hydrogen) atoms. The molecule has 2 atom stereocenters. The highest BCUT2D eigenvalue weighted by molar-refractivity contribution is 4.85. The molecule has 2 heterocycles. The van der Waals surface area contributed by atoms with Gasteiger partial charge in [-0.3, -0.25) is 4.90 Å². The second kappa shape index (κ2) is 7.21. The molecule has 1 aliphatic carbocycles. The molecule has 0 amide bonds. The molecule has 1 N–H and O–H groups in total. The van der Waals surface area contributed by atoms with Crippen molar-refractivity contribution in [3.8, 4) is 0 Å². The molecular formula is C16H31N3O. The minimum atomic E-state index is 0.623. The molecule has 0 bridgehead atoms. The van der Waals surface area contributed by atoms with E-state index in [0.717, 1.165) is 31.6 Å². The molecule has 4 heteroatoms. The zero-order chi connectivity index (χ0) is 13.8. The quantitative estimate of drug-likeness (QED) is 0.754. The van der Waals surface area contributed by atoms with Gasteiger partial charge in [0.05, 0.1) is 6.61 Å². The fourth-order valence-corrected chi connectivity index (χ4v) is 3.61. The van der Waals surface area contributed by atoms with Gasteiger partial charge in [-0.15, -0.1) is 0 Å². The van der Waals surface area contributed by atoms with E-state index in [0.29, 0.717) is 6.04 Å². The van der Waals surface area contributed by atoms with Gasteiger partial charge in [0.15, 0.2) is 0 Å². The predicted molar refractivity (Wildman–Crippen MR) is 82.0 cm³/mol. The zero-order valence-electron chi connectivity index (χ0n) is 13.0. The van der Waals surface area contributed by atoms with Crippen LogP contribution in [0.4, 0.5) is 0 Å². The van der Waals surface area contributed by atoms with Crippen molar-refractivity contribution in [1.29, 1.82) is 0 Å². The monoisotopic (exact) mass is 281 g/mol. The van der Waals surface area contributed by atoms with Crippen molar-refractivity contribution >= 4 is 0 Å². The van der Waals surface area contributed by atoms with Crippen LogP contribution in [0, 0.1) is 11.8 Å². The Morgan fingerprint density at radius 2 is 1.85 bits per heavy atom. The number of ether oxygens (including phenoxy) is 1. The van der Waals surface area contributed by atoms with Crippen molar-refractivity contribution in [3.63, 3.8) is 0 Å². The summed E-state index contributed by atoms with van der Waals surface area (Å²) in [6, 6.07) is 0.623. The standard InChI is InChI=1S/C16H31N3O/c1-2-17-16(15-5-10-20-13-15)12-19-8-6-18(7-9-19)11-14-3-4-14/h14-17H,2-13H2,1H3. The molecule has 0 aromatic heterocycles. The maximum Gasteiger partial charge on any atom is 0.0510 e. The van der Waals surface area contributed by atoms with E-state index in [1.54, 1.807) is 0 Å². The number of hydrogen-bond donors (Lipinski definition) is 1. The average molecular weight is 281 g/mol. The van der Waals surface area contributed by atoms with Gasteiger partial charge in [0, 0.05) is 57.8 Å². The van der Waals surface area contributed by atoms with Gasteiger partial charge in [0.2, 0.25) is 0 Å². The Kier molecular flexibility index (Phi) is 5.32. The highest BCUT2D eigenvalue weighted by atomic mass is 16.5. The lowest BCUT2D eigenvalue weighted by atomic mass is 9.98. The fourth-order valence-electron chi connectivity index (χ4n) is 3.61. The van der Waals surface area contributed by atoms with E-state index in [-0.39, 0.29) is 0 Å². The molecule has 0 aromatic rings. The van der Waals surface area contributed by atoms with Crippen LogP contribution in [-0.2, 0) is 4.74 Å². The SMILES string of the molecule is CCNC(CN1CCN(CC2CC2)CC1)C1CCOC1. The zero-order valence-corrected chi connectivity index (χ0v) is 13.0. The van der Waals surface area contributed by atoms with Crippen LogP contribution in [0.25, 0.3) is 0 Å². The van der Waals surface area contributed by atoms with Crippen LogP contribution in [-0.4, -0.2) is 74.9 Å². The molecule has 116 valence electrons. The van der Waals surface area contributed by atoms with E-state index in [9.17, 15) is 0 Å². The summed E-state index contributed by atoms with van der Waals surface area (Å²) in [6.07, 6.45) is 4.19. The van der Waals surface area contributed by atoms with Gasteiger partial charge < -0.3 is 15.0 Å². The van der Waals surface area contributed by atoms with Crippen LogP contribution >= 0.6 is 0 Å². The fraction of sp³-hybridized carbons (Fsp3) is 1.00. The normalized spacial score (nSPS) is 30.8. The summed E-state index contributed by atoms with van der Waals surface area (Å²) >= 11 is 0. The van der Waals surface area contributed by atoms with Gasteiger partial charge >= 0.3 is 0 Å². The van der Waals surface area contributed by atoms with Crippen molar-refractivity contribution in [2.24, 2.45) is 11.8 Å². The number of rotatable bonds is 7. The topological polar surface area (TPSA) is 27.7 Å². The Balaban J connectivity index is 1.41. The summed E-state index contributed by atoms with van der Waals surface area (Å²) < 4.78 is 5.57. The largest absolute Gasteiger partial charge is 0.381 e. The first-order valence-corrected chi connectivity index (χ1v) is 8.61. The van der Waals surface area contributed by atoms with Gasteiger partial charge in [-0.05, 0) is 31.7 Å². The number of hydrogen-bond acceptors (Lipinski definition) is 4. The minimum absolute atomic E-state index is 0.623. The van der Waals surface area contributed by atoms with Gasteiger partial charge in [0.1, 0.15) is 0 Å². The Hall–Kier alpha value is -0.160. The highest BCUT2D eigenvalue weighted by Crippen LogP contribution is 2.30. The third-order valence-electron chi connectivity index (χ3n) is 5.13.